The molecule has 1 aliphatic heterocycles. The second-order valence-corrected chi connectivity index (χ2v) is 8.19. The Morgan fingerprint density at radius 1 is 1.13 bits per heavy atom. The zero-order valence-electron chi connectivity index (χ0n) is 15.6. The van der Waals surface area contributed by atoms with Gasteiger partial charge in [-0.2, -0.15) is 0 Å². The lowest BCUT2D eigenvalue weighted by molar-refractivity contribution is -0.385. The number of anilines is 1. The first kappa shape index (κ1) is 20.1. The van der Waals surface area contributed by atoms with Gasteiger partial charge in [-0.1, -0.05) is 23.7 Å². The van der Waals surface area contributed by atoms with Crippen LogP contribution < -0.4 is 5.32 Å². The number of hydrogen-bond acceptors (Lipinski definition) is 5. The first-order chi connectivity index (χ1) is 14.4. The predicted octanol–water partition coefficient (Wildman–Crippen LogP) is 4.76. The molecule has 2 amide bonds. The van der Waals surface area contributed by atoms with E-state index in [9.17, 15) is 19.7 Å². The van der Waals surface area contributed by atoms with E-state index in [4.69, 9.17) is 11.6 Å². The van der Waals surface area contributed by atoms with Crippen molar-refractivity contribution in [2.75, 3.05) is 11.9 Å². The van der Waals surface area contributed by atoms with Crippen molar-refractivity contribution in [3.63, 3.8) is 0 Å². The quantitative estimate of drug-likeness (QED) is 0.466. The number of carbonyl (C=O) groups excluding carboxylic acids is 2. The number of hydrogen-bond donors (Lipinski definition) is 1. The molecule has 0 saturated carbocycles. The molecule has 0 radical (unpaired) electrons. The first-order valence-corrected chi connectivity index (χ1v) is 10.4. The van der Waals surface area contributed by atoms with Crippen LogP contribution in [0.4, 0.5) is 11.4 Å². The van der Waals surface area contributed by atoms with E-state index in [1.54, 1.807) is 23.1 Å². The SMILES string of the molecule is O=C(Nc1ccc2c(c1)CN(C(=O)c1cccs1)CC2)c1cc(Cl)ccc1[N+](=O)[O-]. The minimum absolute atomic E-state index is 0.0142. The number of thiophene rings is 1. The van der Waals surface area contributed by atoms with Crippen LogP contribution in [0.15, 0.2) is 53.9 Å². The van der Waals surface area contributed by atoms with Crippen LogP contribution in [0.3, 0.4) is 0 Å². The lowest BCUT2D eigenvalue weighted by Gasteiger charge is -2.29. The van der Waals surface area contributed by atoms with Crippen LogP contribution in [-0.2, 0) is 13.0 Å². The maximum absolute atomic E-state index is 12.7. The van der Waals surface area contributed by atoms with Crippen molar-refractivity contribution >= 4 is 46.1 Å². The van der Waals surface area contributed by atoms with Gasteiger partial charge in [0.25, 0.3) is 17.5 Å². The zero-order chi connectivity index (χ0) is 21.3. The highest BCUT2D eigenvalue weighted by atomic mass is 35.5. The summed E-state index contributed by atoms with van der Waals surface area (Å²) in [5.74, 6) is -0.633. The third-order valence-corrected chi connectivity index (χ3v) is 5.99. The summed E-state index contributed by atoms with van der Waals surface area (Å²) in [7, 11) is 0. The van der Waals surface area contributed by atoms with Gasteiger partial charge in [0.05, 0.1) is 9.80 Å². The number of amides is 2. The van der Waals surface area contributed by atoms with Gasteiger partial charge in [0.2, 0.25) is 0 Å². The van der Waals surface area contributed by atoms with Crippen LogP contribution in [0.5, 0.6) is 0 Å². The van der Waals surface area contributed by atoms with Crippen molar-refractivity contribution in [2.24, 2.45) is 0 Å². The molecular weight excluding hydrogens is 426 g/mol. The number of nitrogens with zero attached hydrogens (tertiary/aromatic N) is 2. The van der Waals surface area contributed by atoms with Gasteiger partial charge in [0.15, 0.2) is 0 Å². The third-order valence-electron chi connectivity index (χ3n) is 4.90. The molecule has 0 aliphatic carbocycles. The number of halogens is 1. The normalized spacial score (nSPS) is 12.9. The average Bonchev–Trinajstić information content (AvgIpc) is 3.27. The monoisotopic (exact) mass is 441 g/mol. The average molecular weight is 442 g/mol. The molecule has 9 heteroatoms. The number of benzene rings is 2. The molecule has 30 heavy (non-hydrogen) atoms. The smallest absolute Gasteiger partial charge is 0.282 e. The van der Waals surface area contributed by atoms with Crippen molar-refractivity contribution in [3.8, 4) is 0 Å². The van der Waals surface area contributed by atoms with Crippen molar-refractivity contribution in [1.29, 1.82) is 0 Å². The number of nitro groups is 1. The topological polar surface area (TPSA) is 92.6 Å². The summed E-state index contributed by atoms with van der Waals surface area (Å²) < 4.78 is 0. The Hall–Kier alpha value is -3.23. The van der Waals surface area contributed by atoms with Crippen molar-refractivity contribution < 1.29 is 14.5 Å². The zero-order valence-corrected chi connectivity index (χ0v) is 17.2. The highest BCUT2D eigenvalue weighted by Crippen LogP contribution is 2.27. The Morgan fingerprint density at radius 3 is 2.70 bits per heavy atom. The minimum atomic E-state index is -0.619. The van der Waals surface area contributed by atoms with Gasteiger partial charge in [-0.15, -0.1) is 11.3 Å². The Morgan fingerprint density at radius 2 is 1.97 bits per heavy atom. The maximum atomic E-state index is 12.7. The Bertz CT molecular complexity index is 1150. The number of carbonyl (C=O) groups is 2. The van der Waals surface area contributed by atoms with E-state index in [0.29, 0.717) is 23.7 Å². The molecule has 2 aromatic carbocycles. The van der Waals surface area contributed by atoms with E-state index in [-0.39, 0.29) is 22.2 Å². The molecule has 7 nitrogen and oxygen atoms in total. The van der Waals surface area contributed by atoms with Crippen LogP contribution in [-0.4, -0.2) is 28.2 Å². The van der Waals surface area contributed by atoms with Crippen LogP contribution in [0.2, 0.25) is 5.02 Å². The molecule has 0 atom stereocenters. The van der Waals surface area contributed by atoms with Crippen molar-refractivity contribution in [2.45, 2.75) is 13.0 Å². The first-order valence-electron chi connectivity index (χ1n) is 9.12. The summed E-state index contributed by atoms with van der Waals surface area (Å²) in [5, 5.41) is 16.0. The van der Waals surface area contributed by atoms with Gasteiger partial charge in [-0.25, -0.2) is 0 Å². The van der Waals surface area contributed by atoms with E-state index in [0.717, 1.165) is 17.5 Å². The number of nitro benzene ring substituents is 1. The van der Waals surface area contributed by atoms with Gasteiger partial charge in [0.1, 0.15) is 5.56 Å². The minimum Gasteiger partial charge on any atom is -0.333 e. The highest BCUT2D eigenvalue weighted by Gasteiger charge is 2.24. The molecule has 0 bridgehead atoms. The molecular formula is C21H16ClN3O4S. The van der Waals surface area contributed by atoms with E-state index >= 15 is 0 Å². The standard InChI is InChI=1S/C21H16ClN3O4S/c22-15-4-6-18(25(28)29)17(11-15)20(26)23-16-5-3-13-7-8-24(12-14(13)10-16)21(27)19-2-1-9-30-19/h1-6,9-11H,7-8,12H2,(H,23,26). The Labute approximate surface area is 181 Å². The Kier molecular flexibility index (Phi) is 5.52. The summed E-state index contributed by atoms with van der Waals surface area (Å²) in [4.78, 5) is 38.4. The molecule has 0 spiro atoms. The lowest BCUT2D eigenvalue weighted by atomic mass is 9.98. The van der Waals surface area contributed by atoms with Crippen LogP contribution in [0, 0.1) is 10.1 Å². The van der Waals surface area contributed by atoms with Crippen LogP contribution in [0.25, 0.3) is 0 Å². The predicted molar refractivity (Wildman–Crippen MR) is 115 cm³/mol. The number of fused-ring (bicyclic) bond motifs is 1. The Balaban J connectivity index is 1.55. The summed E-state index contributed by atoms with van der Waals surface area (Å²) >= 11 is 7.32. The van der Waals surface area contributed by atoms with Crippen LogP contribution in [0.1, 0.15) is 31.2 Å². The molecule has 1 aliphatic rings. The van der Waals surface area contributed by atoms with E-state index in [1.165, 1.54) is 29.5 Å². The maximum Gasteiger partial charge on any atom is 0.282 e. The molecule has 0 unspecified atom stereocenters. The fourth-order valence-corrected chi connectivity index (χ4v) is 4.27. The fraction of sp³-hybridized carbons (Fsp3) is 0.143. The fourth-order valence-electron chi connectivity index (χ4n) is 3.41. The molecule has 2 heterocycles. The molecule has 152 valence electrons. The van der Waals surface area contributed by atoms with Gasteiger partial charge in [-0.05, 0) is 53.3 Å². The molecule has 1 N–H and O–H groups in total. The van der Waals surface area contributed by atoms with Gasteiger partial charge in [0, 0.05) is 29.9 Å². The lowest BCUT2D eigenvalue weighted by Crippen LogP contribution is -2.35. The second-order valence-electron chi connectivity index (χ2n) is 6.81. The molecule has 0 saturated heterocycles. The molecule has 1 aromatic heterocycles. The van der Waals surface area contributed by atoms with Crippen molar-refractivity contribution in [1.82, 2.24) is 4.90 Å². The van der Waals surface area contributed by atoms with Gasteiger partial charge < -0.3 is 10.2 Å². The summed E-state index contributed by atoms with van der Waals surface area (Å²) in [6.45, 7) is 1.07. The largest absolute Gasteiger partial charge is 0.333 e. The van der Waals surface area contributed by atoms with E-state index in [1.807, 2.05) is 17.5 Å². The van der Waals surface area contributed by atoms with Crippen molar-refractivity contribution in [3.05, 3.63) is 90.6 Å². The van der Waals surface area contributed by atoms with Crippen LogP contribution >= 0.6 is 22.9 Å². The number of nitrogens with one attached hydrogen (secondary N) is 1. The second kappa shape index (κ2) is 8.25. The van der Waals surface area contributed by atoms with Gasteiger partial charge in [-0.3, -0.25) is 19.7 Å². The summed E-state index contributed by atoms with van der Waals surface area (Å²) in [5.41, 5.74) is 2.11. The van der Waals surface area contributed by atoms with E-state index in [2.05, 4.69) is 5.32 Å². The number of rotatable bonds is 4. The molecule has 3 aromatic rings. The third kappa shape index (κ3) is 4.05. The van der Waals surface area contributed by atoms with Gasteiger partial charge >= 0.3 is 0 Å². The summed E-state index contributed by atoms with van der Waals surface area (Å²) in [6.07, 6.45) is 0.723. The molecule has 4 rings (SSSR count). The highest BCUT2D eigenvalue weighted by molar-refractivity contribution is 7.12. The summed E-state index contributed by atoms with van der Waals surface area (Å²) in [6, 6.07) is 13.0. The molecule has 0 fully saturated rings. The van der Waals surface area contributed by atoms with E-state index < -0.39 is 10.8 Å².